The van der Waals surface area contributed by atoms with Crippen LogP contribution in [0.2, 0.25) is 0 Å². The van der Waals surface area contributed by atoms with Crippen LogP contribution in [0.5, 0.6) is 0 Å². The number of rotatable bonds is 13. The number of allylic oxidation sites excluding steroid dienone is 2. The third kappa shape index (κ3) is 9.07. The van der Waals surface area contributed by atoms with Gasteiger partial charge in [0.1, 0.15) is 5.78 Å². The zero-order chi connectivity index (χ0) is 20.9. The van der Waals surface area contributed by atoms with E-state index in [9.17, 15) is 14.4 Å². The maximum Gasteiger partial charge on any atom is 0.305 e. The number of ether oxygens (including phenoxy) is 1. The number of hydrogen-bond acceptors (Lipinski definition) is 5. The summed E-state index contributed by atoms with van der Waals surface area (Å²) in [6.45, 7) is 3.52. The molecule has 0 aromatic heterocycles. The number of carbonyl (C=O) groups is 3. The predicted octanol–water partition coefficient (Wildman–Crippen LogP) is 4.25. The predicted molar refractivity (Wildman–Crippen MR) is 113 cm³/mol. The number of esters is 1. The van der Waals surface area contributed by atoms with Crippen molar-refractivity contribution >= 4 is 17.5 Å². The quantitative estimate of drug-likeness (QED) is 0.366. The summed E-state index contributed by atoms with van der Waals surface area (Å²) in [5.41, 5.74) is 2.17. The van der Waals surface area contributed by atoms with Crippen molar-refractivity contribution in [1.29, 1.82) is 0 Å². The van der Waals surface area contributed by atoms with Crippen LogP contribution in [-0.4, -0.2) is 42.1 Å². The van der Waals surface area contributed by atoms with Crippen molar-refractivity contribution in [2.24, 2.45) is 0 Å². The van der Waals surface area contributed by atoms with Gasteiger partial charge < -0.3 is 9.64 Å². The highest BCUT2D eigenvalue weighted by Crippen LogP contribution is 2.20. The second kappa shape index (κ2) is 12.9. The molecule has 0 unspecified atom stereocenters. The fraction of sp³-hybridized carbons (Fsp3) is 0.542. The van der Waals surface area contributed by atoms with E-state index in [0.717, 1.165) is 43.5 Å². The molecule has 1 heterocycles. The molecule has 0 spiro atoms. The molecule has 0 bridgehead atoms. The molecule has 0 N–H and O–H groups in total. The van der Waals surface area contributed by atoms with Crippen LogP contribution in [0.1, 0.15) is 63.9 Å². The fourth-order valence-electron chi connectivity index (χ4n) is 3.56. The van der Waals surface area contributed by atoms with Crippen molar-refractivity contribution < 1.29 is 19.1 Å². The summed E-state index contributed by atoms with van der Waals surface area (Å²) < 4.78 is 4.93. The number of ketones is 2. The average molecular weight is 400 g/mol. The third-order valence-electron chi connectivity index (χ3n) is 5.11. The van der Waals surface area contributed by atoms with Crippen LogP contribution in [0.3, 0.4) is 0 Å². The summed E-state index contributed by atoms with van der Waals surface area (Å²) in [5.74, 6) is 0.333. The van der Waals surface area contributed by atoms with Gasteiger partial charge in [0.25, 0.3) is 0 Å². The average Bonchev–Trinajstić information content (AvgIpc) is 2.71. The van der Waals surface area contributed by atoms with Crippen LogP contribution in [0.4, 0.5) is 0 Å². The summed E-state index contributed by atoms with van der Waals surface area (Å²) in [6.07, 6.45) is 8.42. The molecule has 2 rings (SSSR count). The Morgan fingerprint density at radius 1 is 1.03 bits per heavy atom. The van der Waals surface area contributed by atoms with Crippen LogP contribution >= 0.6 is 0 Å². The lowest BCUT2D eigenvalue weighted by molar-refractivity contribution is -0.143. The van der Waals surface area contributed by atoms with Gasteiger partial charge >= 0.3 is 5.97 Å². The van der Waals surface area contributed by atoms with Gasteiger partial charge in [0.2, 0.25) is 0 Å². The second-order valence-corrected chi connectivity index (χ2v) is 7.53. The molecule has 158 valence electrons. The van der Waals surface area contributed by atoms with Gasteiger partial charge in [-0.2, -0.15) is 0 Å². The standard InChI is InChI=1S/C24H33NO4/c1-2-29-24(28)12-8-3-4-9-17-25-19-23(27)16-14-21(25)13-15-22(26)18-20-10-6-5-7-11-20/h5-7,10-11,14H,2-4,8-9,12-13,15-19H2,1H3. The fourth-order valence-corrected chi connectivity index (χ4v) is 3.56. The van der Waals surface area contributed by atoms with E-state index >= 15 is 0 Å². The highest BCUT2D eigenvalue weighted by atomic mass is 16.5. The Bertz CT molecular complexity index is 696. The smallest absolute Gasteiger partial charge is 0.305 e. The van der Waals surface area contributed by atoms with Crippen molar-refractivity contribution in [1.82, 2.24) is 4.90 Å². The molecule has 1 aromatic carbocycles. The number of unbranched alkanes of at least 4 members (excludes halogenated alkanes) is 3. The maximum atomic E-state index is 12.3. The zero-order valence-electron chi connectivity index (χ0n) is 17.5. The van der Waals surface area contributed by atoms with E-state index in [1.165, 1.54) is 0 Å². The van der Waals surface area contributed by atoms with Crippen LogP contribution < -0.4 is 0 Å². The molecule has 0 saturated carbocycles. The van der Waals surface area contributed by atoms with Crippen molar-refractivity contribution in [3.63, 3.8) is 0 Å². The zero-order valence-corrected chi connectivity index (χ0v) is 17.5. The first-order valence-corrected chi connectivity index (χ1v) is 10.8. The Kier molecular flexibility index (Phi) is 10.2. The molecule has 0 fully saturated rings. The minimum atomic E-state index is -0.125. The largest absolute Gasteiger partial charge is 0.466 e. The number of benzene rings is 1. The van der Waals surface area contributed by atoms with Gasteiger partial charge in [-0.1, -0.05) is 49.2 Å². The SMILES string of the molecule is CCOC(=O)CCCCCCN1CC(=O)CC=C1CCC(=O)Cc1ccccc1. The molecule has 0 saturated heterocycles. The first-order chi connectivity index (χ1) is 14.1. The molecule has 5 heteroatoms. The Hall–Kier alpha value is -2.43. The van der Waals surface area contributed by atoms with E-state index in [4.69, 9.17) is 4.74 Å². The van der Waals surface area contributed by atoms with E-state index in [1.807, 2.05) is 43.3 Å². The van der Waals surface area contributed by atoms with Crippen LogP contribution in [0.25, 0.3) is 0 Å². The second-order valence-electron chi connectivity index (χ2n) is 7.53. The van der Waals surface area contributed by atoms with E-state index < -0.39 is 0 Å². The first-order valence-electron chi connectivity index (χ1n) is 10.8. The molecule has 29 heavy (non-hydrogen) atoms. The molecule has 0 atom stereocenters. The van der Waals surface area contributed by atoms with Gasteiger partial charge in [-0.05, 0) is 31.7 Å². The number of hydrogen-bond donors (Lipinski definition) is 0. The summed E-state index contributed by atoms with van der Waals surface area (Å²) in [6, 6.07) is 9.81. The first kappa shape index (κ1) is 22.9. The highest BCUT2D eigenvalue weighted by Gasteiger charge is 2.19. The van der Waals surface area contributed by atoms with Gasteiger partial charge in [0.05, 0.1) is 13.2 Å². The van der Waals surface area contributed by atoms with Crippen molar-refractivity contribution in [3.05, 3.63) is 47.7 Å². The lowest BCUT2D eigenvalue weighted by Gasteiger charge is -2.30. The monoisotopic (exact) mass is 399 g/mol. The topological polar surface area (TPSA) is 63.7 Å². The molecule has 5 nitrogen and oxygen atoms in total. The van der Waals surface area contributed by atoms with Gasteiger partial charge in [-0.25, -0.2) is 0 Å². The summed E-state index contributed by atoms with van der Waals surface area (Å²) in [4.78, 5) is 37.6. The Balaban J connectivity index is 1.70. The molecule has 0 amide bonds. The van der Waals surface area contributed by atoms with Gasteiger partial charge in [-0.15, -0.1) is 0 Å². The van der Waals surface area contributed by atoms with E-state index in [-0.39, 0.29) is 17.5 Å². The van der Waals surface area contributed by atoms with Gasteiger partial charge in [0, 0.05) is 37.9 Å². The molecule has 0 radical (unpaired) electrons. The van der Waals surface area contributed by atoms with Crippen LogP contribution in [0, 0.1) is 0 Å². The lowest BCUT2D eigenvalue weighted by atomic mass is 10.0. The molecule has 0 aliphatic carbocycles. The summed E-state index contributed by atoms with van der Waals surface area (Å²) in [5, 5.41) is 0. The number of carbonyl (C=O) groups excluding carboxylic acids is 3. The van der Waals surface area contributed by atoms with Crippen molar-refractivity contribution in [2.75, 3.05) is 19.7 Å². The molecule has 1 aromatic rings. The van der Waals surface area contributed by atoms with Gasteiger partial charge in [-0.3, -0.25) is 14.4 Å². The highest BCUT2D eigenvalue weighted by molar-refractivity contribution is 5.84. The number of Topliss-reactive ketones (excluding diaryl/α,β-unsaturated/α-hetero) is 2. The summed E-state index contributed by atoms with van der Waals surface area (Å²) in [7, 11) is 0. The van der Waals surface area contributed by atoms with E-state index in [0.29, 0.717) is 45.3 Å². The molecule has 1 aliphatic heterocycles. The molecular weight excluding hydrogens is 366 g/mol. The molecule has 1 aliphatic rings. The minimum Gasteiger partial charge on any atom is -0.466 e. The van der Waals surface area contributed by atoms with Crippen molar-refractivity contribution in [3.8, 4) is 0 Å². The van der Waals surface area contributed by atoms with Crippen molar-refractivity contribution in [2.45, 2.75) is 64.7 Å². The molecular formula is C24H33NO4. The normalized spacial score (nSPS) is 13.9. The van der Waals surface area contributed by atoms with Gasteiger partial charge in [0.15, 0.2) is 5.78 Å². The van der Waals surface area contributed by atoms with Crippen LogP contribution in [0.15, 0.2) is 42.1 Å². The lowest BCUT2D eigenvalue weighted by Crippen LogP contribution is -2.33. The van der Waals surface area contributed by atoms with E-state index in [1.54, 1.807) is 0 Å². The van der Waals surface area contributed by atoms with E-state index in [2.05, 4.69) is 4.90 Å². The Morgan fingerprint density at radius 3 is 2.55 bits per heavy atom. The summed E-state index contributed by atoms with van der Waals surface area (Å²) >= 11 is 0. The maximum absolute atomic E-state index is 12.3. The van der Waals surface area contributed by atoms with Crippen LogP contribution in [-0.2, 0) is 25.5 Å². The minimum absolute atomic E-state index is 0.125. The Labute approximate surface area is 174 Å². The number of nitrogens with zero attached hydrogens (tertiary/aromatic N) is 1. The Morgan fingerprint density at radius 2 is 1.79 bits per heavy atom. The third-order valence-corrected chi connectivity index (χ3v) is 5.11.